The van der Waals surface area contributed by atoms with Gasteiger partial charge in [-0.15, -0.1) is 0 Å². The highest BCUT2D eigenvalue weighted by atomic mass is 79.9. The Morgan fingerprint density at radius 1 is 1.20 bits per heavy atom. The minimum atomic E-state index is 0.395. The molecule has 1 aromatic rings. The van der Waals surface area contributed by atoms with Crippen LogP contribution in [0.2, 0.25) is 0 Å². The van der Waals surface area contributed by atoms with E-state index in [0.29, 0.717) is 6.10 Å². The van der Waals surface area contributed by atoms with Gasteiger partial charge in [0.1, 0.15) is 5.75 Å². The van der Waals surface area contributed by atoms with Gasteiger partial charge in [-0.1, -0.05) is 12.8 Å². The number of rotatable bonds is 2. The molecule has 0 aromatic carbocycles. The predicted molar refractivity (Wildman–Crippen MR) is 64.1 cm³/mol. The third kappa shape index (κ3) is 3.20. The Balaban J connectivity index is 1.98. The van der Waals surface area contributed by atoms with E-state index in [1.807, 2.05) is 6.07 Å². The van der Waals surface area contributed by atoms with Crippen molar-refractivity contribution in [2.24, 2.45) is 0 Å². The quantitative estimate of drug-likeness (QED) is 0.759. The normalized spacial score (nSPS) is 18.5. The molecule has 1 heterocycles. The lowest BCUT2D eigenvalue weighted by Gasteiger charge is -2.17. The molecule has 1 saturated carbocycles. The van der Waals surface area contributed by atoms with Crippen molar-refractivity contribution in [1.82, 2.24) is 4.98 Å². The van der Waals surface area contributed by atoms with E-state index in [0.717, 1.165) is 10.2 Å². The Kier molecular flexibility index (Phi) is 4.01. The summed E-state index contributed by atoms with van der Waals surface area (Å²) in [5.74, 6) is 0.928. The SMILES string of the molecule is Brc1cnccc1OC1CCCCCC1. The number of hydrogen-bond donors (Lipinski definition) is 0. The highest BCUT2D eigenvalue weighted by molar-refractivity contribution is 9.10. The fourth-order valence-electron chi connectivity index (χ4n) is 2.00. The standard InChI is InChI=1S/C12H16BrNO/c13-11-9-14-8-7-12(11)15-10-5-3-1-2-4-6-10/h7-10H,1-6H2. The van der Waals surface area contributed by atoms with Gasteiger partial charge in [0, 0.05) is 12.4 Å². The highest BCUT2D eigenvalue weighted by Gasteiger charge is 2.14. The van der Waals surface area contributed by atoms with Crippen molar-refractivity contribution in [2.75, 3.05) is 0 Å². The molecule has 0 amide bonds. The summed E-state index contributed by atoms with van der Waals surface area (Å²) in [5.41, 5.74) is 0. The van der Waals surface area contributed by atoms with E-state index in [9.17, 15) is 0 Å². The molecule has 0 atom stereocenters. The summed E-state index contributed by atoms with van der Waals surface area (Å²) in [6.07, 6.45) is 11.6. The van der Waals surface area contributed by atoms with Gasteiger partial charge in [0.2, 0.25) is 0 Å². The van der Waals surface area contributed by atoms with Gasteiger partial charge in [0.25, 0.3) is 0 Å². The molecule has 1 fully saturated rings. The lowest BCUT2D eigenvalue weighted by molar-refractivity contribution is 0.182. The van der Waals surface area contributed by atoms with E-state index < -0.39 is 0 Å². The fourth-order valence-corrected chi connectivity index (χ4v) is 2.34. The number of pyridine rings is 1. The summed E-state index contributed by atoms with van der Waals surface area (Å²) in [4.78, 5) is 4.03. The molecule has 0 saturated heterocycles. The molecule has 1 aliphatic rings. The van der Waals surface area contributed by atoms with Crippen LogP contribution in [0.25, 0.3) is 0 Å². The van der Waals surface area contributed by atoms with Crippen LogP contribution in [0.3, 0.4) is 0 Å². The number of ether oxygens (including phenoxy) is 1. The van der Waals surface area contributed by atoms with Gasteiger partial charge >= 0.3 is 0 Å². The maximum atomic E-state index is 5.98. The molecule has 0 aliphatic heterocycles. The van der Waals surface area contributed by atoms with E-state index in [-0.39, 0.29) is 0 Å². The number of halogens is 1. The fraction of sp³-hybridized carbons (Fsp3) is 0.583. The maximum absolute atomic E-state index is 5.98. The summed E-state index contributed by atoms with van der Waals surface area (Å²) < 4.78 is 6.93. The average molecular weight is 270 g/mol. The highest BCUT2D eigenvalue weighted by Crippen LogP contribution is 2.27. The minimum Gasteiger partial charge on any atom is -0.489 e. The van der Waals surface area contributed by atoms with Crippen molar-refractivity contribution in [1.29, 1.82) is 0 Å². The lowest BCUT2D eigenvalue weighted by Crippen LogP contribution is -2.15. The lowest BCUT2D eigenvalue weighted by atomic mass is 10.1. The monoisotopic (exact) mass is 269 g/mol. The van der Waals surface area contributed by atoms with Crippen molar-refractivity contribution < 1.29 is 4.74 Å². The molecule has 2 rings (SSSR count). The molecule has 82 valence electrons. The van der Waals surface area contributed by atoms with Crippen LogP contribution in [-0.2, 0) is 0 Å². The topological polar surface area (TPSA) is 22.1 Å². The summed E-state index contributed by atoms with van der Waals surface area (Å²) in [6.45, 7) is 0. The minimum absolute atomic E-state index is 0.395. The van der Waals surface area contributed by atoms with Crippen molar-refractivity contribution in [3.8, 4) is 5.75 Å². The van der Waals surface area contributed by atoms with Crippen LogP contribution in [0.15, 0.2) is 22.9 Å². The van der Waals surface area contributed by atoms with Crippen LogP contribution in [-0.4, -0.2) is 11.1 Å². The molecule has 1 aliphatic carbocycles. The van der Waals surface area contributed by atoms with Crippen molar-refractivity contribution >= 4 is 15.9 Å². The predicted octanol–water partition coefficient (Wildman–Crippen LogP) is 3.95. The molecule has 1 aromatic heterocycles. The Morgan fingerprint density at radius 2 is 1.93 bits per heavy atom. The first kappa shape index (κ1) is 10.9. The molecule has 0 unspecified atom stereocenters. The number of hydrogen-bond acceptors (Lipinski definition) is 2. The summed E-state index contributed by atoms with van der Waals surface area (Å²) in [5, 5.41) is 0. The third-order valence-electron chi connectivity index (χ3n) is 2.83. The molecule has 3 heteroatoms. The molecule has 0 radical (unpaired) electrons. The van der Waals surface area contributed by atoms with Gasteiger partial charge in [-0.05, 0) is 47.7 Å². The number of aromatic nitrogens is 1. The first-order valence-corrected chi connectivity index (χ1v) is 6.42. The van der Waals surface area contributed by atoms with Gasteiger partial charge in [-0.2, -0.15) is 0 Å². The maximum Gasteiger partial charge on any atom is 0.136 e. The van der Waals surface area contributed by atoms with Crippen LogP contribution < -0.4 is 4.74 Å². The van der Waals surface area contributed by atoms with E-state index in [4.69, 9.17) is 4.74 Å². The van der Waals surface area contributed by atoms with E-state index in [2.05, 4.69) is 20.9 Å². The van der Waals surface area contributed by atoms with Gasteiger partial charge in [0.15, 0.2) is 0 Å². The molecule has 0 bridgehead atoms. The Hall–Kier alpha value is -0.570. The van der Waals surface area contributed by atoms with Gasteiger partial charge in [-0.3, -0.25) is 4.98 Å². The van der Waals surface area contributed by atoms with Gasteiger partial charge in [-0.25, -0.2) is 0 Å². The van der Waals surface area contributed by atoms with Crippen LogP contribution >= 0.6 is 15.9 Å². The molecular weight excluding hydrogens is 254 g/mol. The van der Waals surface area contributed by atoms with Gasteiger partial charge in [0.05, 0.1) is 10.6 Å². The third-order valence-corrected chi connectivity index (χ3v) is 3.43. The molecule has 0 N–H and O–H groups in total. The zero-order valence-corrected chi connectivity index (χ0v) is 10.4. The van der Waals surface area contributed by atoms with Crippen molar-refractivity contribution in [2.45, 2.75) is 44.6 Å². The molecule has 2 nitrogen and oxygen atoms in total. The van der Waals surface area contributed by atoms with E-state index in [1.165, 1.54) is 38.5 Å². The molecular formula is C12H16BrNO. The van der Waals surface area contributed by atoms with Crippen molar-refractivity contribution in [3.63, 3.8) is 0 Å². The summed E-state index contributed by atoms with van der Waals surface area (Å²) >= 11 is 3.46. The van der Waals surface area contributed by atoms with Crippen LogP contribution in [0, 0.1) is 0 Å². The average Bonchev–Trinajstić information content (AvgIpc) is 2.50. The number of nitrogens with zero attached hydrogens (tertiary/aromatic N) is 1. The summed E-state index contributed by atoms with van der Waals surface area (Å²) in [7, 11) is 0. The first-order chi connectivity index (χ1) is 7.36. The first-order valence-electron chi connectivity index (χ1n) is 5.62. The van der Waals surface area contributed by atoms with E-state index >= 15 is 0 Å². The zero-order chi connectivity index (χ0) is 10.5. The van der Waals surface area contributed by atoms with Crippen LogP contribution in [0.5, 0.6) is 5.75 Å². The van der Waals surface area contributed by atoms with E-state index in [1.54, 1.807) is 12.4 Å². The molecule has 15 heavy (non-hydrogen) atoms. The largest absolute Gasteiger partial charge is 0.489 e. The second-order valence-corrected chi connectivity index (χ2v) is 4.89. The Labute approximate surface area is 99.2 Å². The Morgan fingerprint density at radius 3 is 2.60 bits per heavy atom. The summed E-state index contributed by atoms with van der Waals surface area (Å²) in [6, 6.07) is 1.93. The van der Waals surface area contributed by atoms with Gasteiger partial charge < -0.3 is 4.74 Å². The Bertz CT molecular complexity index is 308. The van der Waals surface area contributed by atoms with Crippen LogP contribution in [0.1, 0.15) is 38.5 Å². The zero-order valence-electron chi connectivity index (χ0n) is 8.79. The van der Waals surface area contributed by atoms with Crippen molar-refractivity contribution in [3.05, 3.63) is 22.9 Å². The second-order valence-electron chi connectivity index (χ2n) is 4.04. The van der Waals surface area contributed by atoms with Crippen LogP contribution in [0.4, 0.5) is 0 Å². The smallest absolute Gasteiger partial charge is 0.136 e. The second kappa shape index (κ2) is 5.50. The molecule has 0 spiro atoms.